The van der Waals surface area contributed by atoms with Crippen LogP contribution in [0.4, 0.5) is 0 Å². The molecule has 0 amide bonds. The molecule has 1 aromatic rings. The Balaban J connectivity index is 1.52. The van der Waals surface area contributed by atoms with E-state index in [2.05, 4.69) is 15.0 Å². The van der Waals surface area contributed by atoms with Gasteiger partial charge >= 0.3 is 0 Å². The monoisotopic (exact) mass is 473 g/mol. The van der Waals surface area contributed by atoms with Crippen molar-refractivity contribution in [2.45, 2.75) is 88.7 Å². The Labute approximate surface area is 191 Å². The lowest BCUT2D eigenvalue weighted by Gasteiger charge is -2.35. The summed E-state index contributed by atoms with van der Waals surface area (Å²) in [5, 5.41) is 3.64. The van der Waals surface area contributed by atoms with Crippen LogP contribution in [0.1, 0.15) is 70.8 Å². The average Bonchev–Trinajstić information content (AvgIpc) is 2.74. The van der Waals surface area contributed by atoms with E-state index in [9.17, 15) is 8.42 Å². The normalized spacial score (nSPS) is 27.4. The fourth-order valence-corrected chi connectivity index (χ4v) is 5.53. The van der Waals surface area contributed by atoms with Gasteiger partial charge in [0.05, 0.1) is 29.6 Å². The number of nitrogens with one attached hydrogen (secondary N) is 2. The van der Waals surface area contributed by atoms with E-state index in [1.807, 2.05) is 13.0 Å². The molecule has 3 rings (SSSR count). The third-order valence-corrected chi connectivity index (χ3v) is 8.35. The number of rotatable bonds is 9. The molecule has 0 aromatic carbocycles. The molecule has 1 aromatic heterocycles. The molecule has 0 spiro atoms. The number of halogens is 1. The molecule has 7 nitrogen and oxygen atoms in total. The molecule has 2 atom stereocenters. The van der Waals surface area contributed by atoms with Crippen LogP contribution in [0.15, 0.2) is 12.3 Å². The number of piperidine rings is 1. The van der Waals surface area contributed by atoms with Gasteiger partial charge in [-0.05, 0) is 77.8 Å². The van der Waals surface area contributed by atoms with Crippen molar-refractivity contribution < 1.29 is 17.9 Å². The number of pyridine rings is 1. The summed E-state index contributed by atoms with van der Waals surface area (Å²) in [6, 6.07) is 1.86. The Hall–Kier alpha value is -0.930. The second-order valence-electron chi connectivity index (χ2n) is 8.81. The quantitative estimate of drug-likeness (QED) is 0.569. The number of hydrogen-bond acceptors (Lipinski definition) is 6. The number of hydrogen-bond donors (Lipinski definition) is 2. The fraction of sp³-hybridized carbons (Fsp3) is 0.773. The van der Waals surface area contributed by atoms with Gasteiger partial charge in [0.15, 0.2) is 0 Å². The Bertz CT molecular complexity index is 813. The molecule has 31 heavy (non-hydrogen) atoms. The van der Waals surface area contributed by atoms with Crippen LogP contribution < -0.4 is 14.8 Å². The minimum atomic E-state index is -3.30. The van der Waals surface area contributed by atoms with E-state index in [1.54, 1.807) is 20.0 Å². The predicted molar refractivity (Wildman–Crippen MR) is 123 cm³/mol. The highest BCUT2D eigenvalue weighted by atomic mass is 35.5. The smallest absolute Gasteiger partial charge is 0.216 e. The summed E-state index contributed by atoms with van der Waals surface area (Å²) < 4.78 is 39.5. The van der Waals surface area contributed by atoms with Crippen molar-refractivity contribution in [2.75, 3.05) is 19.8 Å². The Morgan fingerprint density at radius 1 is 1.26 bits per heavy atom. The molecule has 2 N–H and O–H groups in total. The van der Waals surface area contributed by atoms with Crippen molar-refractivity contribution >= 4 is 21.6 Å². The van der Waals surface area contributed by atoms with E-state index >= 15 is 0 Å². The minimum Gasteiger partial charge on any atom is -0.478 e. The molecule has 176 valence electrons. The summed E-state index contributed by atoms with van der Waals surface area (Å²) in [7, 11) is -3.30. The molecule has 2 aliphatic rings. The van der Waals surface area contributed by atoms with E-state index in [1.165, 1.54) is 0 Å². The average molecular weight is 474 g/mol. The first-order chi connectivity index (χ1) is 14.8. The standard InChI is InChI=1S/C22H36ClN3O4S/c1-4-29-22-19(12-17(23)13-25-22)16-7-9-18(10-8-16)30-14-21-20(6-5-11-24-21)26-31(27,28)15(2)3/h12-13,15-16,18,20-21,24,26H,4-11,14H2,1-3H3/t16?,18?,20-,21-/m0/s1. The molecule has 1 aliphatic carbocycles. The molecule has 0 bridgehead atoms. The van der Waals surface area contributed by atoms with Gasteiger partial charge in [0.1, 0.15) is 0 Å². The van der Waals surface area contributed by atoms with Crippen molar-refractivity contribution in [1.82, 2.24) is 15.0 Å². The van der Waals surface area contributed by atoms with Gasteiger partial charge in [0.25, 0.3) is 0 Å². The highest BCUT2D eigenvalue weighted by molar-refractivity contribution is 7.90. The number of nitrogens with zero attached hydrogens (tertiary/aromatic N) is 1. The number of sulfonamides is 1. The van der Waals surface area contributed by atoms with Crippen LogP contribution >= 0.6 is 11.6 Å². The lowest BCUT2D eigenvalue weighted by Crippen LogP contribution is -2.56. The lowest BCUT2D eigenvalue weighted by atomic mass is 9.83. The third kappa shape index (κ3) is 6.78. The first-order valence-electron chi connectivity index (χ1n) is 11.4. The van der Waals surface area contributed by atoms with Crippen LogP contribution in [-0.4, -0.2) is 56.6 Å². The second-order valence-corrected chi connectivity index (χ2v) is 11.5. The van der Waals surface area contributed by atoms with Crippen molar-refractivity contribution in [3.63, 3.8) is 0 Å². The molecule has 2 heterocycles. The summed E-state index contributed by atoms with van der Waals surface area (Å²) in [6.45, 7) is 7.35. The molecular weight excluding hydrogens is 438 g/mol. The van der Waals surface area contributed by atoms with Crippen LogP contribution in [0.25, 0.3) is 0 Å². The maximum Gasteiger partial charge on any atom is 0.216 e. The molecule has 1 saturated carbocycles. The van der Waals surface area contributed by atoms with Gasteiger partial charge in [-0.1, -0.05) is 11.6 Å². The molecular formula is C22H36ClN3O4S. The van der Waals surface area contributed by atoms with Crippen LogP contribution in [0, 0.1) is 0 Å². The molecule has 1 saturated heterocycles. The summed E-state index contributed by atoms with van der Waals surface area (Å²) in [6.07, 6.45) is 7.51. The SMILES string of the molecule is CCOc1ncc(Cl)cc1C1CCC(OC[C@@H]2NCCC[C@@H]2NS(=O)(=O)C(C)C)CC1. The molecule has 9 heteroatoms. The zero-order valence-corrected chi connectivity index (χ0v) is 20.3. The Morgan fingerprint density at radius 2 is 2.00 bits per heavy atom. The summed E-state index contributed by atoms with van der Waals surface area (Å²) in [5.74, 6) is 1.05. The maximum absolute atomic E-state index is 12.3. The van der Waals surface area contributed by atoms with Crippen molar-refractivity contribution in [3.8, 4) is 5.88 Å². The largest absolute Gasteiger partial charge is 0.478 e. The molecule has 0 radical (unpaired) electrons. The van der Waals surface area contributed by atoms with E-state index in [-0.39, 0.29) is 18.2 Å². The molecule has 0 unspecified atom stereocenters. The lowest BCUT2D eigenvalue weighted by molar-refractivity contribution is 0.00505. The van der Waals surface area contributed by atoms with Gasteiger partial charge in [0, 0.05) is 23.8 Å². The number of aromatic nitrogens is 1. The summed E-state index contributed by atoms with van der Waals surface area (Å²) in [5.41, 5.74) is 1.09. The Kier molecular flexibility index (Phi) is 8.99. The molecule has 2 fully saturated rings. The van der Waals surface area contributed by atoms with Crippen molar-refractivity contribution in [3.05, 3.63) is 22.8 Å². The van der Waals surface area contributed by atoms with Gasteiger partial charge in [-0.2, -0.15) is 0 Å². The highest BCUT2D eigenvalue weighted by Gasteiger charge is 2.32. The van der Waals surface area contributed by atoms with E-state index < -0.39 is 15.3 Å². The summed E-state index contributed by atoms with van der Waals surface area (Å²) >= 11 is 6.18. The van der Waals surface area contributed by atoms with E-state index in [0.29, 0.717) is 30.0 Å². The predicted octanol–water partition coefficient (Wildman–Crippen LogP) is 3.62. The highest BCUT2D eigenvalue weighted by Crippen LogP contribution is 2.38. The first kappa shape index (κ1) is 24.7. The Morgan fingerprint density at radius 3 is 2.68 bits per heavy atom. The minimum absolute atomic E-state index is 0.00156. The van der Waals surface area contributed by atoms with Gasteiger partial charge < -0.3 is 14.8 Å². The zero-order chi connectivity index (χ0) is 22.4. The van der Waals surface area contributed by atoms with Gasteiger partial charge in [-0.25, -0.2) is 18.1 Å². The van der Waals surface area contributed by atoms with Gasteiger partial charge in [-0.3, -0.25) is 0 Å². The van der Waals surface area contributed by atoms with Crippen molar-refractivity contribution in [2.24, 2.45) is 0 Å². The van der Waals surface area contributed by atoms with Crippen LogP contribution in [0.5, 0.6) is 5.88 Å². The topological polar surface area (TPSA) is 89.6 Å². The fourth-order valence-electron chi connectivity index (χ4n) is 4.39. The van der Waals surface area contributed by atoms with Gasteiger partial charge in [0.2, 0.25) is 15.9 Å². The van der Waals surface area contributed by atoms with Crippen molar-refractivity contribution in [1.29, 1.82) is 0 Å². The van der Waals surface area contributed by atoms with Crippen LogP contribution in [0.2, 0.25) is 5.02 Å². The second kappa shape index (κ2) is 11.3. The van der Waals surface area contributed by atoms with Gasteiger partial charge in [-0.15, -0.1) is 0 Å². The summed E-state index contributed by atoms with van der Waals surface area (Å²) in [4.78, 5) is 4.36. The van der Waals surface area contributed by atoms with Crippen LogP contribution in [-0.2, 0) is 14.8 Å². The van der Waals surface area contributed by atoms with E-state index in [0.717, 1.165) is 50.6 Å². The third-order valence-electron chi connectivity index (χ3n) is 6.27. The van der Waals surface area contributed by atoms with E-state index in [4.69, 9.17) is 21.1 Å². The van der Waals surface area contributed by atoms with Crippen LogP contribution in [0.3, 0.4) is 0 Å². The maximum atomic E-state index is 12.3. The molecule has 1 aliphatic heterocycles. The first-order valence-corrected chi connectivity index (χ1v) is 13.4. The number of ether oxygens (including phenoxy) is 2. The zero-order valence-electron chi connectivity index (χ0n) is 18.8.